The van der Waals surface area contributed by atoms with Crippen molar-refractivity contribution in [1.82, 2.24) is 0 Å². The fraction of sp³-hybridized carbons (Fsp3) is 0.476. The van der Waals surface area contributed by atoms with Crippen molar-refractivity contribution in [2.75, 3.05) is 26.4 Å². The summed E-state index contributed by atoms with van der Waals surface area (Å²) in [4.78, 5) is 11.6. The summed E-state index contributed by atoms with van der Waals surface area (Å²) in [7, 11) is 0. The molecule has 1 aliphatic heterocycles. The minimum absolute atomic E-state index is 0.0142. The van der Waals surface area contributed by atoms with Gasteiger partial charge in [-0.05, 0) is 12.1 Å². The SMILES string of the molecule is C=CCOC(COC1=C(O)C(=O)O[C@@H]1[C@@H](O)CO)C(O)CC(CO)Oc1ccccc1. The molecule has 10 heteroatoms. The number of para-hydroxylation sites is 1. The number of aliphatic hydroxyl groups excluding tert-OH is 5. The lowest BCUT2D eigenvalue weighted by atomic mass is 10.1. The van der Waals surface area contributed by atoms with Crippen LogP contribution in [0.5, 0.6) is 5.75 Å². The number of esters is 1. The lowest BCUT2D eigenvalue weighted by Gasteiger charge is -2.27. The van der Waals surface area contributed by atoms with E-state index in [0.29, 0.717) is 5.75 Å². The monoisotopic (exact) mass is 440 g/mol. The Morgan fingerprint density at radius 2 is 1.87 bits per heavy atom. The molecule has 0 bridgehead atoms. The fourth-order valence-electron chi connectivity index (χ4n) is 2.87. The van der Waals surface area contributed by atoms with Crippen LogP contribution in [0.4, 0.5) is 0 Å². The third-order valence-corrected chi connectivity index (χ3v) is 4.47. The zero-order valence-electron chi connectivity index (χ0n) is 16.9. The minimum Gasteiger partial charge on any atom is -0.499 e. The number of carbonyl (C=O) groups is 1. The molecule has 0 spiro atoms. The van der Waals surface area contributed by atoms with Crippen LogP contribution in [0.3, 0.4) is 0 Å². The number of aliphatic hydroxyl groups is 5. The summed E-state index contributed by atoms with van der Waals surface area (Å²) >= 11 is 0. The number of hydrogen-bond donors (Lipinski definition) is 5. The lowest BCUT2D eigenvalue weighted by molar-refractivity contribution is -0.148. The van der Waals surface area contributed by atoms with Crippen LogP contribution in [-0.2, 0) is 19.0 Å². The van der Waals surface area contributed by atoms with Gasteiger partial charge in [-0.2, -0.15) is 0 Å². The molecule has 31 heavy (non-hydrogen) atoms. The van der Waals surface area contributed by atoms with Crippen molar-refractivity contribution < 1.29 is 49.3 Å². The number of ether oxygens (including phenoxy) is 4. The molecule has 0 saturated carbocycles. The molecule has 5 N–H and O–H groups in total. The van der Waals surface area contributed by atoms with E-state index >= 15 is 0 Å². The predicted molar refractivity (Wildman–Crippen MR) is 107 cm³/mol. The van der Waals surface area contributed by atoms with E-state index in [1.165, 1.54) is 6.08 Å². The van der Waals surface area contributed by atoms with E-state index in [1.54, 1.807) is 24.3 Å². The van der Waals surface area contributed by atoms with Crippen LogP contribution in [0, 0.1) is 0 Å². The molecule has 0 fully saturated rings. The normalized spacial score (nSPS) is 20.0. The molecule has 0 saturated heterocycles. The molecule has 0 aliphatic carbocycles. The van der Waals surface area contributed by atoms with Crippen LogP contribution in [0.1, 0.15) is 6.42 Å². The molecule has 0 radical (unpaired) electrons. The topological polar surface area (TPSA) is 155 Å². The number of rotatable bonds is 14. The van der Waals surface area contributed by atoms with Gasteiger partial charge in [0.25, 0.3) is 0 Å². The Bertz CT molecular complexity index is 735. The molecule has 1 aromatic carbocycles. The smallest absolute Gasteiger partial charge is 0.378 e. The molecule has 0 amide bonds. The van der Waals surface area contributed by atoms with Crippen molar-refractivity contribution in [1.29, 1.82) is 0 Å². The van der Waals surface area contributed by atoms with Gasteiger partial charge in [0.05, 0.1) is 25.9 Å². The highest BCUT2D eigenvalue weighted by Crippen LogP contribution is 2.26. The molecule has 1 aromatic rings. The van der Waals surface area contributed by atoms with Gasteiger partial charge in [0, 0.05) is 6.42 Å². The van der Waals surface area contributed by atoms with Crippen LogP contribution in [0.15, 0.2) is 54.5 Å². The number of benzene rings is 1. The quantitative estimate of drug-likeness (QED) is 0.194. The Hall–Kier alpha value is -2.63. The van der Waals surface area contributed by atoms with Gasteiger partial charge in [-0.3, -0.25) is 0 Å². The third kappa shape index (κ3) is 6.94. The van der Waals surface area contributed by atoms with Gasteiger partial charge < -0.3 is 44.5 Å². The predicted octanol–water partition coefficient (Wildman–Crippen LogP) is -0.187. The van der Waals surface area contributed by atoms with Gasteiger partial charge in [0.15, 0.2) is 11.9 Å². The molecule has 2 rings (SSSR count). The van der Waals surface area contributed by atoms with Gasteiger partial charge >= 0.3 is 5.97 Å². The van der Waals surface area contributed by atoms with Crippen LogP contribution in [0.2, 0.25) is 0 Å². The Morgan fingerprint density at radius 3 is 2.48 bits per heavy atom. The standard InChI is InChI=1S/C21H28O10/c1-2-8-28-17(12-29-20-18(26)21(27)31-19(20)16(25)11-23)15(24)9-14(10-22)30-13-6-4-3-5-7-13/h2-7,14-17,19,22-26H,1,8-12H2/t14?,15?,16-,17?,19+/m0/s1. The lowest BCUT2D eigenvalue weighted by Crippen LogP contribution is -2.39. The maximum absolute atomic E-state index is 11.6. The van der Waals surface area contributed by atoms with Gasteiger partial charge in [0.1, 0.15) is 30.7 Å². The van der Waals surface area contributed by atoms with Gasteiger partial charge in [0.2, 0.25) is 5.76 Å². The highest BCUT2D eigenvalue weighted by Gasteiger charge is 2.41. The van der Waals surface area contributed by atoms with Crippen molar-refractivity contribution in [3.63, 3.8) is 0 Å². The van der Waals surface area contributed by atoms with Crippen LogP contribution < -0.4 is 4.74 Å². The van der Waals surface area contributed by atoms with E-state index in [1.807, 2.05) is 6.07 Å². The molecule has 3 unspecified atom stereocenters. The second-order valence-electron chi connectivity index (χ2n) is 6.80. The minimum atomic E-state index is -1.50. The summed E-state index contributed by atoms with van der Waals surface area (Å²) in [6.45, 7) is 2.19. The molecule has 1 aliphatic rings. The van der Waals surface area contributed by atoms with E-state index in [2.05, 4.69) is 6.58 Å². The maximum atomic E-state index is 11.6. The molecule has 5 atom stereocenters. The van der Waals surface area contributed by atoms with Crippen molar-refractivity contribution in [3.05, 3.63) is 54.5 Å². The second-order valence-corrected chi connectivity index (χ2v) is 6.80. The van der Waals surface area contributed by atoms with Crippen molar-refractivity contribution >= 4 is 5.97 Å². The van der Waals surface area contributed by atoms with E-state index < -0.39 is 48.9 Å². The largest absolute Gasteiger partial charge is 0.499 e. The summed E-state index contributed by atoms with van der Waals surface area (Å²) in [6, 6.07) is 8.78. The average Bonchev–Trinajstić information content (AvgIpc) is 3.07. The summed E-state index contributed by atoms with van der Waals surface area (Å²) in [5.74, 6) is -1.79. The molecule has 10 nitrogen and oxygen atoms in total. The van der Waals surface area contributed by atoms with Gasteiger partial charge in [-0.15, -0.1) is 6.58 Å². The van der Waals surface area contributed by atoms with Crippen molar-refractivity contribution in [2.24, 2.45) is 0 Å². The van der Waals surface area contributed by atoms with Crippen LogP contribution in [0.25, 0.3) is 0 Å². The highest BCUT2D eigenvalue weighted by molar-refractivity contribution is 5.89. The average molecular weight is 440 g/mol. The molecule has 0 aromatic heterocycles. The summed E-state index contributed by atoms with van der Waals surface area (Å²) in [5.41, 5.74) is 0. The van der Waals surface area contributed by atoms with E-state index in [-0.39, 0.29) is 32.0 Å². The summed E-state index contributed by atoms with van der Waals surface area (Å²) < 4.78 is 21.4. The summed E-state index contributed by atoms with van der Waals surface area (Å²) in [5, 5.41) is 49.0. The Kier molecular flexibility index (Phi) is 9.76. The fourth-order valence-corrected chi connectivity index (χ4v) is 2.87. The first-order valence-electron chi connectivity index (χ1n) is 9.70. The Labute approximate surface area is 179 Å². The van der Waals surface area contributed by atoms with E-state index in [0.717, 1.165) is 0 Å². The van der Waals surface area contributed by atoms with Crippen LogP contribution >= 0.6 is 0 Å². The molecular formula is C21H28O10. The van der Waals surface area contributed by atoms with E-state index in [4.69, 9.17) is 24.1 Å². The van der Waals surface area contributed by atoms with Crippen molar-refractivity contribution in [2.45, 2.75) is 36.9 Å². The number of hydrogen-bond acceptors (Lipinski definition) is 10. The number of cyclic esters (lactones) is 1. The molecule has 1 heterocycles. The first-order chi connectivity index (χ1) is 14.9. The Balaban J connectivity index is 2.04. The Morgan fingerprint density at radius 1 is 1.16 bits per heavy atom. The third-order valence-electron chi connectivity index (χ3n) is 4.47. The first-order valence-corrected chi connectivity index (χ1v) is 9.70. The molecular weight excluding hydrogens is 412 g/mol. The zero-order valence-corrected chi connectivity index (χ0v) is 16.9. The number of carbonyl (C=O) groups excluding carboxylic acids is 1. The van der Waals surface area contributed by atoms with Gasteiger partial charge in [-0.1, -0.05) is 24.3 Å². The first kappa shape index (κ1) is 24.6. The van der Waals surface area contributed by atoms with E-state index in [9.17, 15) is 25.2 Å². The maximum Gasteiger partial charge on any atom is 0.378 e. The van der Waals surface area contributed by atoms with Gasteiger partial charge in [-0.25, -0.2) is 4.79 Å². The second kappa shape index (κ2) is 12.3. The van der Waals surface area contributed by atoms with Crippen LogP contribution in [-0.4, -0.2) is 88.4 Å². The molecule has 172 valence electrons. The summed E-state index contributed by atoms with van der Waals surface area (Å²) in [6.07, 6.45) is -4.31. The zero-order chi connectivity index (χ0) is 22.8. The highest BCUT2D eigenvalue weighted by atomic mass is 16.6. The van der Waals surface area contributed by atoms with Crippen molar-refractivity contribution in [3.8, 4) is 5.75 Å².